The molecule has 1 N–H and O–H groups in total. The average Bonchev–Trinajstić information content (AvgIpc) is 2.86. The molecule has 1 aromatic rings. The summed E-state index contributed by atoms with van der Waals surface area (Å²) < 4.78 is 0. The van der Waals surface area contributed by atoms with Gasteiger partial charge in [-0.05, 0) is 31.7 Å². The predicted molar refractivity (Wildman–Crippen MR) is 76.0 cm³/mol. The molecule has 0 bridgehead atoms. The molecule has 4 nitrogen and oxygen atoms in total. The zero-order chi connectivity index (χ0) is 14.0. The van der Waals surface area contributed by atoms with Crippen molar-refractivity contribution >= 4 is 23.2 Å². The van der Waals surface area contributed by atoms with Crippen molar-refractivity contribution in [2.24, 2.45) is 0 Å². The molecule has 1 aliphatic heterocycles. The van der Waals surface area contributed by atoms with Gasteiger partial charge in [0.15, 0.2) is 0 Å². The lowest BCUT2D eigenvalue weighted by Gasteiger charge is -2.42. The van der Waals surface area contributed by atoms with Crippen molar-refractivity contribution in [1.29, 1.82) is 0 Å². The van der Waals surface area contributed by atoms with Crippen LogP contribution in [0.5, 0.6) is 0 Å². The zero-order valence-electron chi connectivity index (χ0n) is 11.6. The van der Waals surface area contributed by atoms with Gasteiger partial charge in [-0.3, -0.25) is 9.59 Å². The third-order valence-electron chi connectivity index (χ3n) is 3.78. The van der Waals surface area contributed by atoms with Crippen LogP contribution in [0, 0.1) is 0 Å². The number of nitrogens with zero attached hydrogens (tertiary/aromatic N) is 1. The van der Waals surface area contributed by atoms with Crippen LogP contribution in [0.3, 0.4) is 0 Å². The number of hydrogen-bond donors (Lipinski definition) is 1. The monoisotopic (exact) mass is 280 g/mol. The first kappa shape index (κ1) is 14.1. The van der Waals surface area contributed by atoms with Crippen LogP contribution in [0.4, 0.5) is 0 Å². The first-order chi connectivity index (χ1) is 8.96. The van der Waals surface area contributed by atoms with Gasteiger partial charge < -0.3 is 10.2 Å². The predicted octanol–water partition coefficient (Wildman–Crippen LogP) is 1.81. The largest absolute Gasteiger partial charge is 0.340 e. The number of nitrogens with one attached hydrogen (secondary N) is 1. The minimum absolute atomic E-state index is 0.0265. The van der Waals surface area contributed by atoms with E-state index in [-0.39, 0.29) is 24.4 Å². The first-order valence-corrected chi connectivity index (χ1v) is 7.48. The van der Waals surface area contributed by atoms with Gasteiger partial charge in [0.05, 0.1) is 6.54 Å². The van der Waals surface area contributed by atoms with E-state index in [4.69, 9.17) is 0 Å². The molecule has 104 valence electrons. The third-order valence-corrected chi connectivity index (χ3v) is 4.68. The molecule has 1 fully saturated rings. The quantitative estimate of drug-likeness (QED) is 0.914. The molecule has 0 spiro atoms. The summed E-state index contributed by atoms with van der Waals surface area (Å²) in [5.41, 5.74) is -0.751. The first-order valence-electron chi connectivity index (χ1n) is 6.60. The summed E-state index contributed by atoms with van der Waals surface area (Å²) in [7, 11) is 0. The molecular formula is C14H20N2O2S. The fourth-order valence-electron chi connectivity index (χ4n) is 2.37. The molecule has 2 rings (SSSR count). The van der Waals surface area contributed by atoms with E-state index in [0.29, 0.717) is 6.42 Å². The molecule has 1 aliphatic rings. The Bertz CT molecular complexity index is 472. The lowest BCUT2D eigenvalue weighted by atomic mass is 9.93. The number of rotatable bonds is 4. The molecule has 19 heavy (non-hydrogen) atoms. The molecule has 5 heteroatoms. The second kappa shape index (κ2) is 5.33. The highest BCUT2D eigenvalue weighted by Gasteiger charge is 2.42. The maximum absolute atomic E-state index is 12.5. The molecule has 1 aromatic heterocycles. The molecule has 0 aliphatic carbocycles. The van der Waals surface area contributed by atoms with Crippen molar-refractivity contribution in [1.82, 2.24) is 10.2 Å². The van der Waals surface area contributed by atoms with Gasteiger partial charge in [-0.25, -0.2) is 0 Å². The number of carbonyl (C=O) groups excluding carboxylic acids is 2. The summed E-state index contributed by atoms with van der Waals surface area (Å²) in [5.74, 6) is -0.0411. The Morgan fingerprint density at radius 3 is 2.84 bits per heavy atom. The van der Waals surface area contributed by atoms with Crippen LogP contribution in [0.1, 0.15) is 32.1 Å². The van der Waals surface area contributed by atoms with Crippen LogP contribution in [0.2, 0.25) is 0 Å². The van der Waals surface area contributed by atoms with Crippen LogP contribution in [0.15, 0.2) is 17.5 Å². The highest BCUT2D eigenvalue weighted by molar-refractivity contribution is 7.09. The highest BCUT2D eigenvalue weighted by Crippen LogP contribution is 2.22. The minimum Gasteiger partial charge on any atom is -0.340 e. The minimum atomic E-state index is -0.751. The number of thiophene rings is 1. The smallest absolute Gasteiger partial charge is 0.248 e. The third kappa shape index (κ3) is 2.81. The van der Waals surface area contributed by atoms with Crippen LogP contribution < -0.4 is 5.32 Å². The zero-order valence-corrected chi connectivity index (χ0v) is 12.4. The summed E-state index contributed by atoms with van der Waals surface area (Å²) in [6.45, 7) is 5.90. The van der Waals surface area contributed by atoms with Gasteiger partial charge in [0.2, 0.25) is 11.8 Å². The second-order valence-electron chi connectivity index (χ2n) is 5.30. The van der Waals surface area contributed by atoms with Crippen LogP contribution in [-0.2, 0) is 16.0 Å². The van der Waals surface area contributed by atoms with E-state index in [2.05, 4.69) is 11.4 Å². The Morgan fingerprint density at radius 1 is 1.53 bits per heavy atom. The van der Waals surface area contributed by atoms with E-state index in [0.717, 1.165) is 6.42 Å². The fraction of sp³-hybridized carbons (Fsp3) is 0.571. The van der Waals surface area contributed by atoms with Crippen molar-refractivity contribution < 1.29 is 9.59 Å². The number of amides is 2. The number of hydrogen-bond acceptors (Lipinski definition) is 3. The summed E-state index contributed by atoms with van der Waals surface area (Å²) in [6.07, 6.45) is 1.41. The van der Waals surface area contributed by atoms with E-state index in [1.807, 2.05) is 25.3 Å². The van der Waals surface area contributed by atoms with Crippen molar-refractivity contribution in [2.75, 3.05) is 6.54 Å². The van der Waals surface area contributed by atoms with Gasteiger partial charge in [0, 0.05) is 17.3 Å². The van der Waals surface area contributed by atoms with Gasteiger partial charge in [-0.2, -0.15) is 0 Å². The van der Waals surface area contributed by atoms with E-state index >= 15 is 0 Å². The molecule has 2 atom stereocenters. The van der Waals surface area contributed by atoms with Gasteiger partial charge in [0.1, 0.15) is 5.54 Å². The second-order valence-corrected chi connectivity index (χ2v) is 6.33. The van der Waals surface area contributed by atoms with Crippen molar-refractivity contribution in [2.45, 2.75) is 45.2 Å². The van der Waals surface area contributed by atoms with Gasteiger partial charge >= 0.3 is 0 Å². The van der Waals surface area contributed by atoms with Crippen LogP contribution >= 0.6 is 11.3 Å². The highest BCUT2D eigenvalue weighted by atomic mass is 32.1. The van der Waals surface area contributed by atoms with E-state index < -0.39 is 5.54 Å². The molecule has 0 saturated carbocycles. The van der Waals surface area contributed by atoms with E-state index in [1.165, 1.54) is 4.88 Å². The molecule has 2 unspecified atom stereocenters. The Balaban J connectivity index is 2.13. The summed E-state index contributed by atoms with van der Waals surface area (Å²) in [6, 6.07) is 4.12. The summed E-state index contributed by atoms with van der Waals surface area (Å²) in [4.78, 5) is 27.3. The number of piperazine rings is 1. The standard InChI is InChI=1S/C14H20N2O2S/c1-4-14(3)13(18)16(9-12(17)15-14)10(2)8-11-6-5-7-19-11/h5-7,10H,4,8-9H2,1-3H3,(H,15,17). The van der Waals surface area contributed by atoms with Crippen LogP contribution in [-0.4, -0.2) is 34.8 Å². The summed E-state index contributed by atoms with van der Waals surface area (Å²) in [5, 5.41) is 4.84. The molecule has 0 aromatic carbocycles. The Hall–Kier alpha value is -1.36. The van der Waals surface area contributed by atoms with Crippen LogP contribution in [0.25, 0.3) is 0 Å². The topological polar surface area (TPSA) is 49.4 Å². The lowest BCUT2D eigenvalue weighted by molar-refractivity contribution is -0.151. The maximum Gasteiger partial charge on any atom is 0.248 e. The van der Waals surface area contributed by atoms with Gasteiger partial charge in [0.25, 0.3) is 0 Å². The molecule has 2 amide bonds. The number of carbonyl (C=O) groups is 2. The van der Waals surface area contributed by atoms with E-state index in [1.54, 1.807) is 23.2 Å². The normalized spacial score (nSPS) is 25.3. The van der Waals surface area contributed by atoms with Gasteiger partial charge in [-0.1, -0.05) is 13.0 Å². The maximum atomic E-state index is 12.5. The van der Waals surface area contributed by atoms with Crippen molar-refractivity contribution in [3.05, 3.63) is 22.4 Å². The summed E-state index contributed by atoms with van der Waals surface area (Å²) >= 11 is 1.68. The molecular weight excluding hydrogens is 260 g/mol. The van der Waals surface area contributed by atoms with Crippen molar-refractivity contribution in [3.8, 4) is 0 Å². The molecule has 2 heterocycles. The Morgan fingerprint density at radius 2 is 2.26 bits per heavy atom. The van der Waals surface area contributed by atoms with Gasteiger partial charge in [-0.15, -0.1) is 11.3 Å². The molecule has 0 radical (unpaired) electrons. The Kier molecular flexibility index (Phi) is 3.94. The lowest BCUT2D eigenvalue weighted by Crippen LogP contribution is -2.66. The fourth-order valence-corrected chi connectivity index (χ4v) is 3.20. The van der Waals surface area contributed by atoms with Crippen molar-refractivity contribution in [3.63, 3.8) is 0 Å². The molecule has 1 saturated heterocycles. The SMILES string of the molecule is CCC1(C)NC(=O)CN(C(C)Cc2cccs2)C1=O. The Labute approximate surface area is 117 Å². The van der Waals surface area contributed by atoms with E-state index in [9.17, 15) is 9.59 Å². The average molecular weight is 280 g/mol.